The van der Waals surface area contributed by atoms with E-state index in [0.717, 1.165) is 42.3 Å². The molecule has 1 saturated heterocycles. The van der Waals surface area contributed by atoms with E-state index in [1.54, 1.807) is 7.05 Å². The highest BCUT2D eigenvalue weighted by Gasteiger charge is 2.21. The number of rotatable bonds is 6. The molecule has 2 heterocycles. The molecule has 1 fully saturated rings. The molecule has 0 amide bonds. The van der Waals surface area contributed by atoms with Gasteiger partial charge in [0.25, 0.3) is 0 Å². The first kappa shape index (κ1) is 22.2. The minimum Gasteiger partial charge on any atom is -0.359 e. The Bertz CT molecular complexity index is 521. The van der Waals surface area contributed by atoms with E-state index in [9.17, 15) is 0 Å². The van der Waals surface area contributed by atoms with Gasteiger partial charge in [0, 0.05) is 39.3 Å². The van der Waals surface area contributed by atoms with Gasteiger partial charge in [0.05, 0.1) is 12.2 Å². The third-order valence-corrected chi connectivity index (χ3v) is 4.49. The minimum absolute atomic E-state index is 0. The first-order valence-corrected chi connectivity index (χ1v) is 9.10. The number of nitrogens with one attached hydrogen (secondary N) is 2. The number of hydrogen-bond donors (Lipinski definition) is 2. The summed E-state index contributed by atoms with van der Waals surface area (Å²) < 4.78 is 5.34. The van der Waals surface area contributed by atoms with Crippen molar-refractivity contribution in [1.82, 2.24) is 20.7 Å². The van der Waals surface area contributed by atoms with Gasteiger partial charge in [0.2, 0.25) is 0 Å². The van der Waals surface area contributed by atoms with E-state index >= 15 is 0 Å². The van der Waals surface area contributed by atoms with E-state index in [-0.39, 0.29) is 24.0 Å². The van der Waals surface area contributed by atoms with E-state index in [4.69, 9.17) is 4.52 Å². The number of piperidine rings is 1. The maximum Gasteiger partial charge on any atom is 0.191 e. The molecule has 0 radical (unpaired) electrons. The predicted molar refractivity (Wildman–Crippen MR) is 114 cm³/mol. The number of guanidine groups is 1. The molecular formula is C18H34IN5O. The van der Waals surface area contributed by atoms with E-state index in [1.165, 1.54) is 19.5 Å². The summed E-state index contributed by atoms with van der Waals surface area (Å²) in [5.74, 6) is 3.62. The van der Waals surface area contributed by atoms with Crippen LogP contribution in [0.25, 0.3) is 0 Å². The first-order valence-electron chi connectivity index (χ1n) is 9.10. The zero-order valence-electron chi connectivity index (χ0n) is 16.2. The van der Waals surface area contributed by atoms with E-state index in [0.29, 0.717) is 12.5 Å². The fraction of sp³-hybridized carbons (Fsp3) is 0.778. The van der Waals surface area contributed by atoms with Crippen molar-refractivity contribution >= 4 is 29.9 Å². The Hall–Kier alpha value is -0.830. The first-order chi connectivity index (χ1) is 11.5. The monoisotopic (exact) mass is 463 g/mol. The molecule has 2 unspecified atom stereocenters. The van der Waals surface area contributed by atoms with Crippen LogP contribution in [0.4, 0.5) is 0 Å². The van der Waals surface area contributed by atoms with Gasteiger partial charge >= 0.3 is 0 Å². The average molecular weight is 463 g/mol. The maximum atomic E-state index is 5.34. The third kappa shape index (κ3) is 7.52. The summed E-state index contributed by atoms with van der Waals surface area (Å²) in [5, 5.41) is 10.7. The number of likely N-dealkylation sites (tertiary alicyclic amines) is 1. The van der Waals surface area contributed by atoms with Crippen LogP contribution in [0.1, 0.15) is 51.5 Å². The molecule has 0 spiro atoms. The normalized spacial score (nSPS) is 21.9. The maximum absolute atomic E-state index is 5.34. The van der Waals surface area contributed by atoms with Crippen LogP contribution in [0.3, 0.4) is 0 Å². The minimum atomic E-state index is 0. The van der Waals surface area contributed by atoms with Gasteiger partial charge < -0.3 is 20.1 Å². The number of nitrogens with zero attached hydrogens (tertiary/aromatic N) is 3. The van der Waals surface area contributed by atoms with Crippen LogP contribution in [-0.4, -0.2) is 49.2 Å². The van der Waals surface area contributed by atoms with Crippen molar-refractivity contribution in [3.8, 4) is 0 Å². The number of hydrogen-bond acceptors (Lipinski definition) is 4. The van der Waals surface area contributed by atoms with Crippen molar-refractivity contribution in [2.45, 2.75) is 46.6 Å². The van der Waals surface area contributed by atoms with E-state index in [1.807, 2.05) is 6.07 Å². The predicted octanol–water partition coefficient (Wildman–Crippen LogP) is 3.06. The lowest BCUT2D eigenvalue weighted by Crippen LogP contribution is -2.45. The van der Waals surface area contributed by atoms with Crippen LogP contribution in [0.15, 0.2) is 15.6 Å². The molecule has 2 atom stereocenters. The van der Waals surface area contributed by atoms with Crippen LogP contribution in [0.2, 0.25) is 0 Å². The second-order valence-electron chi connectivity index (χ2n) is 7.43. The molecule has 2 rings (SSSR count). The summed E-state index contributed by atoms with van der Waals surface area (Å²) >= 11 is 0. The zero-order chi connectivity index (χ0) is 17.5. The summed E-state index contributed by atoms with van der Waals surface area (Å²) in [7, 11) is 1.79. The molecule has 1 aromatic rings. The molecule has 0 bridgehead atoms. The molecule has 7 heteroatoms. The summed E-state index contributed by atoms with van der Waals surface area (Å²) in [4.78, 5) is 6.82. The van der Waals surface area contributed by atoms with Crippen molar-refractivity contribution in [2.24, 2.45) is 16.8 Å². The average Bonchev–Trinajstić information content (AvgIpc) is 2.99. The zero-order valence-corrected chi connectivity index (χ0v) is 18.5. The molecular weight excluding hydrogens is 429 g/mol. The lowest BCUT2D eigenvalue weighted by molar-refractivity contribution is 0.143. The Morgan fingerprint density at radius 2 is 2.00 bits per heavy atom. The Labute approximate surface area is 169 Å². The summed E-state index contributed by atoms with van der Waals surface area (Å²) in [6, 6.07) is 2.00. The molecule has 25 heavy (non-hydrogen) atoms. The lowest BCUT2D eigenvalue weighted by Gasteiger charge is -2.35. The van der Waals surface area contributed by atoms with Gasteiger partial charge in [-0.3, -0.25) is 4.99 Å². The molecule has 2 N–H and O–H groups in total. The molecule has 0 aromatic carbocycles. The molecule has 1 aliphatic rings. The summed E-state index contributed by atoms with van der Waals surface area (Å²) in [6.45, 7) is 13.9. The van der Waals surface area contributed by atoms with Crippen molar-refractivity contribution in [3.63, 3.8) is 0 Å². The van der Waals surface area contributed by atoms with Crippen molar-refractivity contribution in [1.29, 1.82) is 0 Å². The molecule has 0 saturated carbocycles. The Balaban J connectivity index is 0.00000312. The van der Waals surface area contributed by atoms with Crippen molar-refractivity contribution < 1.29 is 4.52 Å². The standard InChI is InChI=1S/C18H33N5O.HI/c1-13(2)17-9-16(24-22-17)10-21-18(19-5)20-6-7-23-11-14(3)8-15(4)12-23;/h9,13-15H,6-8,10-12H2,1-5H3,(H2,19,20,21);1H. The highest BCUT2D eigenvalue weighted by molar-refractivity contribution is 14.0. The number of aliphatic imine (C=N–C) groups is 1. The van der Waals surface area contributed by atoms with Crippen LogP contribution >= 0.6 is 24.0 Å². The molecule has 1 aromatic heterocycles. The van der Waals surface area contributed by atoms with E-state index in [2.05, 4.69) is 53.4 Å². The molecule has 0 aliphatic carbocycles. The van der Waals surface area contributed by atoms with Gasteiger partial charge in [-0.1, -0.05) is 32.9 Å². The topological polar surface area (TPSA) is 65.7 Å². The van der Waals surface area contributed by atoms with Crippen LogP contribution in [0, 0.1) is 11.8 Å². The van der Waals surface area contributed by atoms with Gasteiger partial charge in [0.15, 0.2) is 11.7 Å². The third-order valence-electron chi connectivity index (χ3n) is 4.49. The second-order valence-corrected chi connectivity index (χ2v) is 7.43. The number of halogens is 1. The SMILES string of the molecule is CN=C(NCCN1CC(C)CC(C)C1)NCc1cc(C(C)C)no1.I. The van der Waals surface area contributed by atoms with Gasteiger partial charge in [0.1, 0.15) is 0 Å². The molecule has 6 nitrogen and oxygen atoms in total. The highest BCUT2D eigenvalue weighted by Crippen LogP contribution is 2.20. The smallest absolute Gasteiger partial charge is 0.191 e. The molecule has 1 aliphatic heterocycles. The Morgan fingerprint density at radius 1 is 1.32 bits per heavy atom. The van der Waals surface area contributed by atoms with Crippen LogP contribution in [-0.2, 0) is 6.54 Å². The Kier molecular flexibility index (Phi) is 9.78. The van der Waals surface area contributed by atoms with Gasteiger partial charge in [-0.15, -0.1) is 24.0 Å². The van der Waals surface area contributed by atoms with Gasteiger partial charge in [-0.05, 0) is 24.2 Å². The van der Waals surface area contributed by atoms with Gasteiger partial charge in [-0.25, -0.2) is 0 Å². The second kappa shape index (κ2) is 11.0. The van der Waals surface area contributed by atoms with Crippen molar-refractivity contribution in [2.75, 3.05) is 33.2 Å². The fourth-order valence-corrected chi connectivity index (χ4v) is 3.38. The van der Waals surface area contributed by atoms with E-state index < -0.39 is 0 Å². The molecule has 144 valence electrons. The Morgan fingerprint density at radius 3 is 2.56 bits per heavy atom. The van der Waals surface area contributed by atoms with Crippen LogP contribution in [0.5, 0.6) is 0 Å². The summed E-state index contributed by atoms with van der Waals surface area (Å²) in [6.07, 6.45) is 1.35. The van der Waals surface area contributed by atoms with Crippen LogP contribution < -0.4 is 10.6 Å². The van der Waals surface area contributed by atoms with Crippen molar-refractivity contribution in [3.05, 3.63) is 17.5 Å². The quantitative estimate of drug-likeness (QED) is 0.386. The fourth-order valence-electron chi connectivity index (χ4n) is 3.38. The lowest BCUT2D eigenvalue weighted by atomic mass is 9.92. The number of aromatic nitrogens is 1. The van der Waals surface area contributed by atoms with Gasteiger partial charge in [-0.2, -0.15) is 0 Å². The summed E-state index contributed by atoms with van der Waals surface area (Å²) in [5.41, 5.74) is 0.989. The largest absolute Gasteiger partial charge is 0.359 e. The highest BCUT2D eigenvalue weighted by atomic mass is 127.